The minimum absolute atomic E-state index is 0.375. The van der Waals surface area contributed by atoms with Crippen LogP contribution < -0.4 is 5.32 Å². The van der Waals surface area contributed by atoms with Crippen molar-refractivity contribution in [1.29, 1.82) is 0 Å². The Hall–Kier alpha value is -0.120. The summed E-state index contributed by atoms with van der Waals surface area (Å²) in [5.74, 6) is 0. The van der Waals surface area contributed by atoms with Crippen LogP contribution in [0.15, 0.2) is 0 Å². The molecule has 1 unspecified atom stereocenters. The van der Waals surface area contributed by atoms with Gasteiger partial charge in [0.05, 0.1) is 0 Å². The second-order valence-corrected chi connectivity index (χ2v) is 5.88. The number of nitrogens with zero attached hydrogens (tertiary/aromatic N) is 2. The summed E-state index contributed by atoms with van der Waals surface area (Å²) in [5.41, 5.74) is 0.375. The molecule has 0 bridgehead atoms. The summed E-state index contributed by atoms with van der Waals surface area (Å²) in [6.07, 6.45) is 5.49. The van der Waals surface area contributed by atoms with Crippen molar-refractivity contribution in [3.63, 3.8) is 0 Å². The monoisotopic (exact) mass is 225 g/mol. The molecule has 2 rings (SSSR count). The first kappa shape index (κ1) is 12.3. The Labute approximate surface area is 100 Å². The zero-order chi connectivity index (χ0) is 11.4. The second-order valence-electron chi connectivity index (χ2n) is 5.88. The van der Waals surface area contributed by atoms with Crippen LogP contribution in [-0.4, -0.2) is 61.7 Å². The number of likely N-dealkylation sites (tertiary alicyclic amines) is 1. The molecule has 0 aromatic carbocycles. The predicted molar refractivity (Wildman–Crippen MR) is 68.8 cm³/mol. The second kappa shape index (κ2) is 5.48. The van der Waals surface area contributed by atoms with E-state index in [0.29, 0.717) is 5.54 Å². The van der Waals surface area contributed by atoms with Crippen LogP contribution in [0.5, 0.6) is 0 Å². The van der Waals surface area contributed by atoms with Gasteiger partial charge in [-0.25, -0.2) is 0 Å². The lowest BCUT2D eigenvalue weighted by atomic mass is 10.00. The maximum Gasteiger partial charge on any atom is 0.0280 e. The van der Waals surface area contributed by atoms with Crippen molar-refractivity contribution >= 4 is 0 Å². The summed E-state index contributed by atoms with van der Waals surface area (Å²) in [6.45, 7) is 9.89. The van der Waals surface area contributed by atoms with Crippen LogP contribution in [0.2, 0.25) is 0 Å². The van der Waals surface area contributed by atoms with Crippen molar-refractivity contribution < 1.29 is 0 Å². The molecule has 2 aliphatic rings. The van der Waals surface area contributed by atoms with Crippen molar-refractivity contribution in [3.8, 4) is 0 Å². The lowest BCUT2D eigenvalue weighted by molar-refractivity contribution is 0.209. The molecule has 0 spiro atoms. The quantitative estimate of drug-likeness (QED) is 0.757. The molecule has 2 aliphatic heterocycles. The van der Waals surface area contributed by atoms with E-state index in [2.05, 4.69) is 29.1 Å². The molecule has 1 N–H and O–H groups in total. The Kier molecular flexibility index (Phi) is 4.22. The molecule has 2 saturated heterocycles. The smallest absolute Gasteiger partial charge is 0.0280 e. The molecule has 3 heteroatoms. The molecular formula is C13H27N3. The van der Waals surface area contributed by atoms with E-state index in [-0.39, 0.29) is 0 Å². The topological polar surface area (TPSA) is 18.5 Å². The van der Waals surface area contributed by atoms with Crippen molar-refractivity contribution in [1.82, 2.24) is 15.1 Å². The lowest BCUT2D eigenvalue weighted by Gasteiger charge is -2.31. The van der Waals surface area contributed by atoms with Crippen LogP contribution >= 0.6 is 0 Å². The highest BCUT2D eigenvalue weighted by Crippen LogP contribution is 2.19. The van der Waals surface area contributed by atoms with E-state index in [1.54, 1.807) is 0 Å². The van der Waals surface area contributed by atoms with Gasteiger partial charge in [-0.3, -0.25) is 0 Å². The minimum atomic E-state index is 0.375. The summed E-state index contributed by atoms with van der Waals surface area (Å²) < 4.78 is 0. The normalized spacial score (nSPS) is 31.7. The number of rotatable bonds is 5. The van der Waals surface area contributed by atoms with Crippen LogP contribution in [0.25, 0.3) is 0 Å². The van der Waals surface area contributed by atoms with Gasteiger partial charge in [0.2, 0.25) is 0 Å². The van der Waals surface area contributed by atoms with Gasteiger partial charge >= 0.3 is 0 Å². The number of hydrogen-bond acceptors (Lipinski definition) is 3. The van der Waals surface area contributed by atoms with Gasteiger partial charge in [0, 0.05) is 25.2 Å². The standard InChI is InChI=1S/C13H27N3/c1-13(6-5-7-14-13)12-15(2)10-11-16-8-3-4-9-16/h14H,3-12H2,1-2H3. The Morgan fingerprint density at radius 2 is 2.00 bits per heavy atom. The highest BCUT2D eigenvalue weighted by atomic mass is 15.2. The van der Waals surface area contributed by atoms with Crippen molar-refractivity contribution in [2.45, 2.75) is 38.1 Å². The van der Waals surface area contributed by atoms with Gasteiger partial charge in [-0.2, -0.15) is 0 Å². The van der Waals surface area contributed by atoms with Gasteiger partial charge in [-0.1, -0.05) is 0 Å². The van der Waals surface area contributed by atoms with Crippen LogP contribution in [0.3, 0.4) is 0 Å². The Morgan fingerprint density at radius 1 is 1.25 bits per heavy atom. The number of likely N-dealkylation sites (N-methyl/N-ethyl adjacent to an activating group) is 1. The largest absolute Gasteiger partial charge is 0.310 e. The third-order valence-electron chi connectivity index (χ3n) is 4.07. The summed E-state index contributed by atoms with van der Waals surface area (Å²) in [5, 5.41) is 3.64. The third kappa shape index (κ3) is 3.44. The first-order valence-electron chi connectivity index (χ1n) is 6.84. The van der Waals surface area contributed by atoms with Gasteiger partial charge in [-0.05, 0) is 59.3 Å². The Balaban J connectivity index is 1.65. The maximum atomic E-state index is 3.64. The molecule has 3 nitrogen and oxygen atoms in total. The van der Waals surface area contributed by atoms with Gasteiger partial charge < -0.3 is 15.1 Å². The third-order valence-corrected chi connectivity index (χ3v) is 4.07. The fraction of sp³-hybridized carbons (Fsp3) is 1.00. The van der Waals surface area contributed by atoms with Crippen LogP contribution in [0.4, 0.5) is 0 Å². The molecule has 0 aromatic rings. The van der Waals surface area contributed by atoms with E-state index < -0.39 is 0 Å². The van der Waals surface area contributed by atoms with E-state index >= 15 is 0 Å². The van der Waals surface area contributed by atoms with E-state index in [4.69, 9.17) is 0 Å². The molecule has 0 aromatic heterocycles. The van der Waals surface area contributed by atoms with Gasteiger partial charge in [0.15, 0.2) is 0 Å². The zero-order valence-corrected chi connectivity index (χ0v) is 11.0. The molecule has 16 heavy (non-hydrogen) atoms. The van der Waals surface area contributed by atoms with Gasteiger partial charge in [-0.15, -0.1) is 0 Å². The molecule has 0 amide bonds. The average molecular weight is 225 g/mol. The fourth-order valence-corrected chi connectivity index (χ4v) is 3.09. The Bertz CT molecular complexity index is 205. The lowest BCUT2D eigenvalue weighted by Crippen LogP contribution is -2.47. The van der Waals surface area contributed by atoms with Crippen LogP contribution in [-0.2, 0) is 0 Å². The van der Waals surface area contributed by atoms with Crippen molar-refractivity contribution in [3.05, 3.63) is 0 Å². The molecule has 2 fully saturated rings. The molecule has 1 atom stereocenters. The van der Waals surface area contributed by atoms with E-state index in [0.717, 1.165) is 0 Å². The van der Waals surface area contributed by atoms with Crippen molar-refractivity contribution in [2.24, 2.45) is 0 Å². The zero-order valence-electron chi connectivity index (χ0n) is 11.0. The molecule has 0 aliphatic carbocycles. The van der Waals surface area contributed by atoms with E-state index in [1.165, 1.54) is 65.0 Å². The molecule has 2 heterocycles. The number of hydrogen-bond donors (Lipinski definition) is 1. The highest BCUT2D eigenvalue weighted by Gasteiger charge is 2.29. The molecular weight excluding hydrogens is 198 g/mol. The van der Waals surface area contributed by atoms with Gasteiger partial charge in [0.25, 0.3) is 0 Å². The van der Waals surface area contributed by atoms with Crippen molar-refractivity contribution in [2.75, 3.05) is 46.3 Å². The van der Waals surface area contributed by atoms with Crippen LogP contribution in [0.1, 0.15) is 32.6 Å². The minimum Gasteiger partial charge on any atom is -0.310 e. The first-order chi connectivity index (χ1) is 7.68. The van der Waals surface area contributed by atoms with E-state index in [1.807, 2.05) is 0 Å². The first-order valence-corrected chi connectivity index (χ1v) is 6.84. The number of nitrogens with one attached hydrogen (secondary N) is 1. The maximum absolute atomic E-state index is 3.64. The van der Waals surface area contributed by atoms with E-state index in [9.17, 15) is 0 Å². The molecule has 0 saturated carbocycles. The fourth-order valence-electron chi connectivity index (χ4n) is 3.09. The Morgan fingerprint density at radius 3 is 2.62 bits per heavy atom. The van der Waals surface area contributed by atoms with Crippen LogP contribution in [0, 0.1) is 0 Å². The summed E-state index contributed by atoms with van der Waals surface area (Å²) in [6, 6.07) is 0. The summed E-state index contributed by atoms with van der Waals surface area (Å²) >= 11 is 0. The van der Waals surface area contributed by atoms with Gasteiger partial charge in [0.1, 0.15) is 0 Å². The molecule has 94 valence electrons. The molecule has 0 radical (unpaired) electrons. The summed E-state index contributed by atoms with van der Waals surface area (Å²) in [7, 11) is 2.27. The SMILES string of the molecule is CN(CCN1CCCC1)CC1(C)CCCN1. The average Bonchev–Trinajstić information content (AvgIpc) is 2.86. The summed E-state index contributed by atoms with van der Waals surface area (Å²) in [4.78, 5) is 5.09. The predicted octanol–water partition coefficient (Wildman–Crippen LogP) is 1.16. The highest BCUT2D eigenvalue weighted by molar-refractivity contribution is 4.90.